The highest BCUT2D eigenvalue weighted by atomic mass is 19.4. The molecule has 0 saturated carbocycles. The molecule has 2 rings (SSSR count). The van der Waals surface area contributed by atoms with Crippen LogP contribution >= 0.6 is 0 Å². The number of alkyl halides is 3. The number of benzene rings is 1. The second kappa shape index (κ2) is 5.28. The molecule has 0 amide bonds. The van der Waals surface area contributed by atoms with Crippen LogP contribution in [0.5, 0.6) is 0 Å². The van der Waals surface area contributed by atoms with E-state index in [0.717, 1.165) is 30.5 Å². The lowest BCUT2D eigenvalue weighted by atomic mass is 9.91. The molecule has 1 heterocycles. The fraction of sp³-hybridized carbons (Fsp3) is 0.538. The van der Waals surface area contributed by atoms with Crippen LogP contribution in [0, 0.1) is 0 Å². The van der Waals surface area contributed by atoms with Gasteiger partial charge in [0, 0.05) is 5.92 Å². The van der Waals surface area contributed by atoms with Gasteiger partial charge in [0.05, 0.1) is 24.9 Å². The van der Waals surface area contributed by atoms with Crippen molar-refractivity contribution in [1.29, 1.82) is 0 Å². The summed E-state index contributed by atoms with van der Waals surface area (Å²) in [7, 11) is 0. The SMILES string of the molecule is OCC1CCC(c2ccc(C(F)(F)F)cc2)CO1. The van der Waals surface area contributed by atoms with Gasteiger partial charge in [-0.3, -0.25) is 0 Å². The summed E-state index contributed by atoms with van der Waals surface area (Å²) < 4.78 is 42.6. The molecule has 0 bridgehead atoms. The maximum Gasteiger partial charge on any atom is 0.416 e. The van der Waals surface area contributed by atoms with Gasteiger partial charge < -0.3 is 9.84 Å². The molecule has 1 N–H and O–H groups in total. The molecule has 1 aromatic rings. The van der Waals surface area contributed by atoms with E-state index < -0.39 is 11.7 Å². The number of halogens is 3. The molecule has 0 spiro atoms. The third-order valence-electron chi connectivity index (χ3n) is 3.28. The Morgan fingerprint density at radius 1 is 1.17 bits per heavy atom. The number of ether oxygens (including phenoxy) is 1. The summed E-state index contributed by atoms with van der Waals surface area (Å²) in [5.41, 5.74) is 0.232. The van der Waals surface area contributed by atoms with Crippen molar-refractivity contribution in [3.63, 3.8) is 0 Å². The number of aliphatic hydroxyl groups is 1. The Labute approximate surface area is 103 Å². The van der Waals surface area contributed by atoms with Crippen LogP contribution in [0.25, 0.3) is 0 Å². The maximum atomic E-state index is 12.4. The lowest BCUT2D eigenvalue weighted by molar-refractivity contribution is -0.137. The normalized spacial score (nSPS) is 25.1. The monoisotopic (exact) mass is 260 g/mol. The molecular weight excluding hydrogens is 245 g/mol. The van der Waals surface area contributed by atoms with E-state index in [4.69, 9.17) is 9.84 Å². The average Bonchev–Trinajstić information content (AvgIpc) is 2.38. The summed E-state index contributed by atoms with van der Waals surface area (Å²) in [6, 6.07) is 5.23. The van der Waals surface area contributed by atoms with Gasteiger partial charge in [-0.15, -0.1) is 0 Å². The van der Waals surface area contributed by atoms with Gasteiger partial charge in [0.25, 0.3) is 0 Å². The van der Waals surface area contributed by atoms with Crippen LogP contribution in [-0.2, 0) is 10.9 Å². The Kier molecular flexibility index (Phi) is 3.92. The molecule has 1 aliphatic rings. The van der Waals surface area contributed by atoms with E-state index in [1.165, 1.54) is 12.1 Å². The van der Waals surface area contributed by atoms with Crippen LogP contribution < -0.4 is 0 Å². The molecule has 1 aliphatic heterocycles. The molecule has 2 atom stereocenters. The van der Waals surface area contributed by atoms with E-state index in [9.17, 15) is 13.2 Å². The van der Waals surface area contributed by atoms with Crippen molar-refractivity contribution < 1.29 is 23.0 Å². The van der Waals surface area contributed by atoms with Gasteiger partial charge in [0.1, 0.15) is 0 Å². The molecule has 0 aromatic heterocycles. The first-order valence-electron chi connectivity index (χ1n) is 5.90. The summed E-state index contributed by atoms with van der Waals surface area (Å²) in [4.78, 5) is 0. The summed E-state index contributed by atoms with van der Waals surface area (Å²) in [6.07, 6.45) is -2.85. The first-order valence-corrected chi connectivity index (χ1v) is 5.90. The Balaban J connectivity index is 2.02. The van der Waals surface area contributed by atoms with Gasteiger partial charge in [-0.05, 0) is 30.5 Å². The standard InChI is InChI=1S/C13H15F3O2/c14-13(15,16)11-4-1-9(2-5-11)10-3-6-12(7-17)18-8-10/h1-2,4-5,10,12,17H,3,6-8H2. The Morgan fingerprint density at radius 2 is 1.83 bits per heavy atom. The lowest BCUT2D eigenvalue weighted by Gasteiger charge is -2.28. The van der Waals surface area contributed by atoms with Crippen molar-refractivity contribution in [1.82, 2.24) is 0 Å². The third-order valence-corrected chi connectivity index (χ3v) is 3.28. The minimum absolute atomic E-state index is 0.000266. The molecule has 1 aromatic carbocycles. The zero-order chi connectivity index (χ0) is 13.2. The lowest BCUT2D eigenvalue weighted by Crippen LogP contribution is -2.27. The van der Waals surface area contributed by atoms with Crippen molar-refractivity contribution in [3.05, 3.63) is 35.4 Å². The molecule has 0 radical (unpaired) electrons. The minimum Gasteiger partial charge on any atom is -0.394 e. The van der Waals surface area contributed by atoms with Gasteiger partial charge >= 0.3 is 6.18 Å². The quantitative estimate of drug-likeness (QED) is 0.885. The molecule has 1 saturated heterocycles. The summed E-state index contributed by atoms with van der Waals surface area (Å²) in [6.45, 7) is 0.455. The largest absolute Gasteiger partial charge is 0.416 e. The molecule has 2 unspecified atom stereocenters. The zero-order valence-electron chi connectivity index (χ0n) is 9.78. The fourth-order valence-corrected chi connectivity index (χ4v) is 2.16. The van der Waals surface area contributed by atoms with E-state index in [2.05, 4.69) is 0 Å². The highest BCUT2D eigenvalue weighted by molar-refractivity contribution is 5.27. The van der Waals surface area contributed by atoms with Gasteiger partial charge in [-0.25, -0.2) is 0 Å². The van der Waals surface area contributed by atoms with E-state index in [-0.39, 0.29) is 18.6 Å². The van der Waals surface area contributed by atoms with Crippen molar-refractivity contribution >= 4 is 0 Å². The number of aliphatic hydroxyl groups excluding tert-OH is 1. The van der Waals surface area contributed by atoms with Crippen LogP contribution in [-0.4, -0.2) is 24.4 Å². The van der Waals surface area contributed by atoms with Crippen LogP contribution in [0.2, 0.25) is 0 Å². The van der Waals surface area contributed by atoms with Crippen LogP contribution in [0.1, 0.15) is 29.9 Å². The molecule has 1 fully saturated rings. The second-order valence-corrected chi connectivity index (χ2v) is 4.53. The molecule has 18 heavy (non-hydrogen) atoms. The highest BCUT2D eigenvalue weighted by Crippen LogP contribution is 2.32. The topological polar surface area (TPSA) is 29.5 Å². The Morgan fingerprint density at radius 3 is 2.28 bits per heavy atom. The first kappa shape index (κ1) is 13.4. The van der Waals surface area contributed by atoms with Crippen molar-refractivity contribution in [2.24, 2.45) is 0 Å². The molecule has 0 aliphatic carbocycles. The van der Waals surface area contributed by atoms with Crippen molar-refractivity contribution in [2.75, 3.05) is 13.2 Å². The average molecular weight is 260 g/mol. The molecular formula is C13H15F3O2. The number of hydrogen-bond acceptors (Lipinski definition) is 2. The van der Waals surface area contributed by atoms with E-state index in [1.807, 2.05) is 0 Å². The third kappa shape index (κ3) is 3.03. The predicted molar refractivity (Wildman–Crippen MR) is 60.2 cm³/mol. The van der Waals surface area contributed by atoms with E-state index in [0.29, 0.717) is 6.61 Å². The van der Waals surface area contributed by atoms with Gasteiger partial charge in [0.2, 0.25) is 0 Å². The van der Waals surface area contributed by atoms with E-state index in [1.54, 1.807) is 0 Å². The number of hydrogen-bond donors (Lipinski definition) is 1. The first-order chi connectivity index (χ1) is 8.50. The predicted octanol–water partition coefficient (Wildman–Crippen LogP) is 2.96. The van der Waals surface area contributed by atoms with Crippen LogP contribution in [0.15, 0.2) is 24.3 Å². The Bertz CT molecular complexity index is 378. The number of rotatable bonds is 2. The van der Waals surface area contributed by atoms with Crippen LogP contribution in [0.3, 0.4) is 0 Å². The highest BCUT2D eigenvalue weighted by Gasteiger charge is 2.30. The van der Waals surface area contributed by atoms with Gasteiger partial charge in [0.15, 0.2) is 0 Å². The van der Waals surface area contributed by atoms with Crippen LogP contribution in [0.4, 0.5) is 13.2 Å². The van der Waals surface area contributed by atoms with Crippen molar-refractivity contribution in [2.45, 2.75) is 31.0 Å². The fourth-order valence-electron chi connectivity index (χ4n) is 2.16. The summed E-state index contributed by atoms with van der Waals surface area (Å²) in [5.74, 6) is 0.120. The smallest absolute Gasteiger partial charge is 0.394 e. The maximum absolute atomic E-state index is 12.4. The summed E-state index contributed by atoms with van der Waals surface area (Å²) >= 11 is 0. The molecule has 5 heteroatoms. The van der Waals surface area contributed by atoms with Gasteiger partial charge in [-0.1, -0.05) is 12.1 Å². The molecule has 2 nitrogen and oxygen atoms in total. The zero-order valence-corrected chi connectivity index (χ0v) is 9.78. The minimum atomic E-state index is -4.29. The van der Waals surface area contributed by atoms with E-state index >= 15 is 0 Å². The molecule has 100 valence electrons. The van der Waals surface area contributed by atoms with Gasteiger partial charge in [-0.2, -0.15) is 13.2 Å². The Hall–Kier alpha value is -1.07. The second-order valence-electron chi connectivity index (χ2n) is 4.53. The van der Waals surface area contributed by atoms with Crippen molar-refractivity contribution in [3.8, 4) is 0 Å². The summed E-state index contributed by atoms with van der Waals surface area (Å²) in [5, 5.41) is 8.92.